The Labute approximate surface area is 164 Å². The number of hydrogen-bond acceptors (Lipinski definition) is 8. The van der Waals surface area contributed by atoms with Gasteiger partial charge in [-0.25, -0.2) is 9.78 Å². The molecule has 2 aromatic carbocycles. The minimum atomic E-state index is -0.776. The van der Waals surface area contributed by atoms with Gasteiger partial charge in [-0.1, -0.05) is 0 Å². The van der Waals surface area contributed by atoms with Gasteiger partial charge in [0, 0.05) is 10.9 Å². The number of carbonyl (C=O) groups is 1. The predicted molar refractivity (Wildman–Crippen MR) is 103 cm³/mol. The Morgan fingerprint density at radius 1 is 1.18 bits per heavy atom. The first-order valence-electron chi connectivity index (χ1n) is 8.25. The van der Waals surface area contributed by atoms with E-state index in [1.807, 2.05) is 31.2 Å². The summed E-state index contributed by atoms with van der Waals surface area (Å²) in [6, 6.07) is 11.3. The average molecular weight is 400 g/mol. The zero-order valence-electron chi connectivity index (χ0n) is 15.1. The molecule has 1 heterocycles. The molecule has 3 rings (SSSR count). The Morgan fingerprint density at radius 2 is 1.89 bits per heavy atom. The standard InChI is InChI=1S/C19H16N2O6S/c1-3-26-13-6-4-12(5-7-13)18-20-15(11-28-18)19(22)27-17-9-8-14(25-2)10-16(17)21(23)24/h4-11H,3H2,1-2H3. The highest BCUT2D eigenvalue weighted by molar-refractivity contribution is 7.13. The summed E-state index contributed by atoms with van der Waals surface area (Å²) in [6.07, 6.45) is 0. The molecule has 0 spiro atoms. The quantitative estimate of drug-likeness (QED) is 0.252. The third-order valence-electron chi connectivity index (χ3n) is 3.69. The van der Waals surface area contributed by atoms with Crippen molar-refractivity contribution in [2.75, 3.05) is 13.7 Å². The van der Waals surface area contributed by atoms with Crippen LogP contribution < -0.4 is 14.2 Å². The maximum atomic E-state index is 12.4. The highest BCUT2D eigenvalue weighted by Crippen LogP contribution is 2.32. The number of carbonyl (C=O) groups excluding carboxylic acids is 1. The summed E-state index contributed by atoms with van der Waals surface area (Å²) in [5.41, 5.74) is 0.525. The topological polar surface area (TPSA) is 101 Å². The van der Waals surface area contributed by atoms with Gasteiger partial charge in [0.05, 0.1) is 24.7 Å². The minimum Gasteiger partial charge on any atom is -0.496 e. The van der Waals surface area contributed by atoms with Gasteiger partial charge in [-0.3, -0.25) is 10.1 Å². The first-order valence-corrected chi connectivity index (χ1v) is 9.13. The van der Waals surface area contributed by atoms with Crippen LogP contribution in [0.15, 0.2) is 47.8 Å². The van der Waals surface area contributed by atoms with E-state index in [0.29, 0.717) is 11.6 Å². The summed E-state index contributed by atoms with van der Waals surface area (Å²) in [4.78, 5) is 27.2. The van der Waals surface area contributed by atoms with Crippen molar-refractivity contribution in [2.45, 2.75) is 6.92 Å². The van der Waals surface area contributed by atoms with E-state index in [9.17, 15) is 14.9 Å². The number of rotatable bonds is 7. The van der Waals surface area contributed by atoms with Gasteiger partial charge < -0.3 is 14.2 Å². The molecule has 0 N–H and O–H groups in total. The van der Waals surface area contributed by atoms with Crippen molar-refractivity contribution in [3.05, 3.63) is 63.7 Å². The number of nitrogens with zero attached hydrogens (tertiary/aromatic N) is 2. The molecule has 28 heavy (non-hydrogen) atoms. The molecule has 0 atom stereocenters. The number of ether oxygens (including phenoxy) is 3. The van der Waals surface area contributed by atoms with Crippen LogP contribution in [0.4, 0.5) is 5.69 Å². The van der Waals surface area contributed by atoms with E-state index < -0.39 is 10.9 Å². The van der Waals surface area contributed by atoms with Gasteiger partial charge in [0.1, 0.15) is 16.5 Å². The van der Waals surface area contributed by atoms with E-state index >= 15 is 0 Å². The molecule has 0 radical (unpaired) electrons. The molecule has 0 bridgehead atoms. The van der Waals surface area contributed by atoms with Crippen molar-refractivity contribution in [1.29, 1.82) is 0 Å². The molecule has 0 aliphatic rings. The van der Waals surface area contributed by atoms with Gasteiger partial charge in [0.2, 0.25) is 5.75 Å². The Balaban J connectivity index is 1.78. The van der Waals surface area contributed by atoms with Crippen molar-refractivity contribution < 1.29 is 23.9 Å². The lowest BCUT2D eigenvalue weighted by molar-refractivity contribution is -0.385. The first-order chi connectivity index (χ1) is 13.5. The molecule has 0 unspecified atom stereocenters. The van der Waals surface area contributed by atoms with E-state index in [1.165, 1.54) is 36.6 Å². The molecular formula is C19H16N2O6S. The van der Waals surface area contributed by atoms with Crippen molar-refractivity contribution in [3.63, 3.8) is 0 Å². The lowest BCUT2D eigenvalue weighted by Gasteiger charge is -2.05. The third kappa shape index (κ3) is 4.26. The third-order valence-corrected chi connectivity index (χ3v) is 4.58. The van der Waals surface area contributed by atoms with Crippen molar-refractivity contribution >= 4 is 23.0 Å². The van der Waals surface area contributed by atoms with E-state index in [-0.39, 0.29) is 22.9 Å². The summed E-state index contributed by atoms with van der Waals surface area (Å²) in [5.74, 6) is 0.0836. The monoisotopic (exact) mass is 400 g/mol. The SMILES string of the molecule is CCOc1ccc(-c2nc(C(=O)Oc3ccc(OC)cc3[N+](=O)[O-])cs2)cc1. The minimum absolute atomic E-state index is 0.0685. The van der Waals surface area contributed by atoms with Crippen LogP contribution in [0, 0.1) is 10.1 Å². The lowest BCUT2D eigenvalue weighted by Crippen LogP contribution is -2.10. The zero-order valence-corrected chi connectivity index (χ0v) is 15.9. The molecule has 0 aliphatic heterocycles. The smallest absolute Gasteiger partial charge is 0.363 e. The summed E-state index contributed by atoms with van der Waals surface area (Å²) >= 11 is 1.27. The molecule has 3 aromatic rings. The largest absolute Gasteiger partial charge is 0.496 e. The fourth-order valence-electron chi connectivity index (χ4n) is 2.37. The van der Waals surface area contributed by atoms with Crippen molar-refractivity contribution in [3.8, 4) is 27.8 Å². The van der Waals surface area contributed by atoms with Crippen LogP contribution >= 0.6 is 11.3 Å². The van der Waals surface area contributed by atoms with Gasteiger partial charge in [-0.05, 0) is 43.3 Å². The van der Waals surface area contributed by atoms with Crippen LogP contribution in [0.25, 0.3) is 10.6 Å². The highest BCUT2D eigenvalue weighted by atomic mass is 32.1. The molecular weight excluding hydrogens is 384 g/mol. The van der Waals surface area contributed by atoms with Gasteiger partial charge in [-0.15, -0.1) is 11.3 Å². The molecule has 0 amide bonds. The number of methoxy groups -OCH3 is 1. The van der Waals surface area contributed by atoms with Crippen molar-refractivity contribution in [1.82, 2.24) is 4.98 Å². The Hall–Kier alpha value is -3.46. The Bertz CT molecular complexity index is 1000. The number of aromatic nitrogens is 1. The molecule has 1 aromatic heterocycles. The second-order valence-corrected chi connectivity index (χ2v) is 6.33. The van der Waals surface area contributed by atoms with Gasteiger partial charge in [0.25, 0.3) is 0 Å². The van der Waals surface area contributed by atoms with Crippen LogP contribution in [0.3, 0.4) is 0 Å². The van der Waals surface area contributed by atoms with Crippen LogP contribution in [-0.2, 0) is 0 Å². The van der Waals surface area contributed by atoms with E-state index in [0.717, 1.165) is 11.3 Å². The molecule has 0 fully saturated rings. The lowest BCUT2D eigenvalue weighted by atomic mass is 10.2. The van der Waals surface area contributed by atoms with Crippen LogP contribution in [0.1, 0.15) is 17.4 Å². The Morgan fingerprint density at radius 3 is 2.54 bits per heavy atom. The predicted octanol–water partition coefficient (Wildman–Crippen LogP) is 4.34. The summed E-state index contributed by atoms with van der Waals surface area (Å²) in [5, 5.41) is 13.4. The van der Waals surface area contributed by atoms with E-state index in [2.05, 4.69) is 4.98 Å². The number of nitro groups is 1. The maximum Gasteiger partial charge on any atom is 0.363 e. The molecule has 0 aliphatic carbocycles. The molecule has 9 heteroatoms. The first kappa shape index (κ1) is 19.3. The van der Waals surface area contributed by atoms with Gasteiger partial charge in [-0.2, -0.15) is 0 Å². The zero-order chi connectivity index (χ0) is 20.1. The van der Waals surface area contributed by atoms with E-state index in [1.54, 1.807) is 5.38 Å². The molecule has 144 valence electrons. The Kier molecular flexibility index (Phi) is 5.85. The molecule has 8 nitrogen and oxygen atoms in total. The fraction of sp³-hybridized carbons (Fsp3) is 0.158. The summed E-state index contributed by atoms with van der Waals surface area (Å²) in [7, 11) is 1.39. The summed E-state index contributed by atoms with van der Waals surface area (Å²) in [6.45, 7) is 2.48. The number of thiazole rings is 1. The van der Waals surface area contributed by atoms with Gasteiger partial charge in [0.15, 0.2) is 5.69 Å². The summed E-state index contributed by atoms with van der Waals surface area (Å²) < 4.78 is 15.5. The normalized spacial score (nSPS) is 10.4. The number of esters is 1. The highest BCUT2D eigenvalue weighted by Gasteiger charge is 2.22. The molecule has 0 saturated heterocycles. The van der Waals surface area contributed by atoms with E-state index in [4.69, 9.17) is 14.2 Å². The number of benzene rings is 2. The molecule has 0 saturated carbocycles. The second kappa shape index (κ2) is 8.49. The van der Waals surface area contributed by atoms with Gasteiger partial charge >= 0.3 is 11.7 Å². The maximum absolute atomic E-state index is 12.4. The average Bonchev–Trinajstić information content (AvgIpc) is 3.19. The second-order valence-electron chi connectivity index (χ2n) is 5.48. The number of nitro benzene ring substituents is 1. The fourth-order valence-corrected chi connectivity index (χ4v) is 3.16. The number of hydrogen-bond donors (Lipinski definition) is 0. The van der Waals surface area contributed by atoms with Crippen LogP contribution in [0.5, 0.6) is 17.2 Å². The van der Waals surface area contributed by atoms with Crippen LogP contribution in [-0.4, -0.2) is 29.6 Å². The van der Waals surface area contributed by atoms with Crippen molar-refractivity contribution in [2.24, 2.45) is 0 Å². The van der Waals surface area contributed by atoms with Crippen LogP contribution in [0.2, 0.25) is 0 Å².